The van der Waals surface area contributed by atoms with E-state index in [1.54, 1.807) is 41.5 Å². The average molecular weight is 462 g/mol. The minimum absolute atomic E-state index is 0. The van der Waals surface area contributed by atoms with Gasteiger partial charge in [0, 0.05) is 41.7 Å². The van der Waals surface area contributed by atoms with Gasteiger partial charge in [0.25, 0.3) is 0 Å². The summed E-state index contributed by atoms with van der Waals surface area (Å²) >= 11 is 0. The molecule has 0 rings (SSSR count). The Balaban J connectivity index is -0.000000130. The van der Waals surface area contributed by atoms with Gasteiger partial charge in [-0.05, 0) is 41.5 Å². The molecule has 3 N–H and O–H groups in total. The van der Waals surface area contributed by atoms with Crippen molar-refractivity contribution in [2.75, 3.05) is 20.0 Å². The zero-order chi connectivity index (χ0) is 20.4. The molecule has 13 heteroatoms. The van der Waals surface area contributed by atoms with Gasteiger partial charge in [0.05, 0.1) is 18.3 Å². The first kappa shape index (κ1) is 33.7. The molecule has 0 aliphatic rings. The van der Waals surface area contributed by atoms with E-state index in [0.717, 1.165) is 0 Å². The van der Waals surface area contributed by atoms with E-state index in [1.807, 2.05) is 0 Å². The molecule has 0 aliphatic carbocycles. The fraction of sp³-hybridized carbons (Fsp3) is 1.00. The fourth-order valence-corrected chi connectivity index (χ4v) is 3.52. The second-order valence-electron chi connectivity index (χ2n) is 5.87. The maximum Gasteiger partial charge on any atom is 0.325 e. The Morgan fingerprint density at radius 3 is 0.680 bits per heavy atom. The molecule has 0 fully saturated rings. The van der Waals surface area contributed by atoms with Crippen LogP contribution in [-0.2, 0) is 49.0 Å². The Morgan fingerprint density at radius 1 is 0.560 bits per heavy atom. The van der Waals surface area contributed by atoms with Crippen LogP contribution in [0.4, 0.5) is 0 Å². The summed E-state index contributed by atoms with van der Waals surface area (Å²) in [6, 6.07) is 0. The van der Waals surface area contributed by atoms with Crippen molar-refractivity contribution in [3.8, 4) is 0 Å². The van der Waals surface area contributed by atoms with Crippen molar-refractivity contribution in [2.24, 2.45) is 0 Å². The molecule has 0 aliphatic heterocycles. The van der Waals surface area contributed by atoms with Gasteiger partial charge >= 0.3 is 22.8 Å². The third-order valence-electron chi connectivity index (χ3n) is 1.22. The summed E-state index contributed by atoms with van der Waals surface area (Å²) in [6.45, 7) is 13.8. The molecule has 0 saturated carbocycles. The van der Waals surface area contributed by atoms with Crippen molar-refractivity contribution in [3.05, 3.63) is 0 Å². The molecule has 0 aromatic rings. The Morgan fingerprint density at radius 2 is 0.680 bits per heavy atom. The van der Waals surface area contributed by atoms with Gasteiger partial charge in [0.2, 0.25) is 0 Å². The minimum Gasteiger partial charge on any atom is -0.324 e. The minimum atomic E-state index is -3.22. The van der Waals surface area contributed by atoms with Crippen molar-refractivity contribution in [3.63, 3.8) is 0 Å². The standard InChI is InChI=1S/3C4H11O3P.Ti/c3*1-4(2)7-8(3,5)6;/h3*4H,1-3H3,(H,5,6);. The maximum absolute atomic E-state index is 10.4. The summed E-state index contributed by atoms with van der Waals surface area (Å²) in [5.74, 6) is 0. The molecule has 0 amide bonds. The molecule has 25 heavy (non-hydrogen) atoms. The largest absolute Gasteiger partial charge is 0.325 e. The van der Waals surface area contributed by atoms with Crippen LogP contribution in [0.3, 0.4) is 0 Å². The zero-order valence-electron chi connectivity index (χ0n) is 16.4. The van der Waals surface area contributed by atoms with Crippen LogP contribution in [0.25, 0.3) is 0 Å². The molecule has 3 unspecified atom stereocenters. The Bertz CT molecular complexity index is 384. The summed E-state index contributed by atoms with van der Waals surface area (Å²) in [7, 11) is -9.67. The van der Waals surface area contributed by atoms with Crippen molar-refractivity contribution >= 4 is 22.8 Å². The number of hydrogen-bond acceptors (Lipinski definition) is 6. The first-order valence-corrected chi connectivity index (χ1v) is 13.3. The van der Waals surface area contributed by atoms with Gasteiger partial charge < -0.3 is 28.3 Å². The normalized spacial score (nSPS) is 17.9. The monoisotopic (exact) mass is 462 g/mol. The van der Waals surface area contributed by atoms with Crippen LogP contribution in [0.2, 0.25) is 0 Å². The second-order valence-corrected chi connectivity index (χ2v) is 11.3. The molecule has 0 bridgehead atoms. The molecule has 154 valence electrons. The Hall–Kier alpha value is 1.16. The molecule has 9 nitrogen and oxygen atoms in total. The zero-order valence-corrected chi connectivity index (χ0v) is 20.6. The van der Waals surface area contributed by atoms with Gasteiger partial charge in [-0.15, -0.1) is 0 Å². The first-order chi connectivity index (χ1) is 10.2. The van der Waals surface area contributed by atoms with Gasteiger partial charge in [-0.25, -0.2) is 0 Å². The third-order valence-corrected chi connectivity index (χ3v) is 3.66. The fourth-order valence-electron chi connectivity index (χ4n) is 1.17. The van der Waals surface area contributed by atoms with Crippen LogP contribution >= 0.6 is 22.8 Å². The first-order valence-electron chi connectivity index (χ1n) is 7.21. The Kier molecular flexibility index (Phi) is 20.4. The van der Waals surface area contributed by atoms with E-state index in [-0.39, 0.29) is 40.0 Å². The van der Waals surface area contributed by atoms with Gasteiger partial charge in [0.15, 0.2) is 0 Å². The quantitative estimate of drug-likeness (QED) is 0.398. The van der Waals surface area contributed by atoms with Gasteiger partial charge in [-0.2, -0.15) is 0 Å². The summed E-state index contributed by atoms with van der Waals surface area (Å²) in [6.07, 6.45) is -0.512. The predicted octanol–water partition coefficient (Wildman–Crippen LogP) is 3.68. The average Bonchev–Trinajstić information content (AvgIpc) is 2.04. The maximum atomic E-state index is 10.4. The molecular weight excluding hydrogens is 429 g/mol. The topological polar surface area (TPSA) is 140 Å². The van der Waals surface area contributed by atoms with E-state index in [9.17, 15) is 13.7 Å². The van der Waals surface area contributed by atoms with Gasteiger partial charge in [0.1, 0.15) is 0 Å². The molecule has 0 heterocycles. The van der Waals surface area contributed by atoms with Crippen LogP contribution < -0.4 is 0 Å². The van der Waals surface area contributed by atoms with Crippen molar-refractivity contribution in [2.45, 2.75) is 59.9 Å². The molecule has 0 radical (unpaired) electrons. The van der Waals surface area contributed by atoms with Crippen LogP contribution in [0, 0.1) is 0 Å². The van der Waals surface area contributed by atoms with Crippen LogP contribution in [0.15, 0.2) is 0 Å². The van der Waals surface area contributed by atoms with Crippen molar-refractivity contribution in [1.29, 1.82) is 0 Å². The van der Waals surface area contributed by atoms with Crippen molar-refractivity contribution in [1.82, 2.24) is 0 Å². The summed E-state index contributed by atoms with van der Waals surface area (Å²) in [5, 5.41) is 0. The van der Waals surface area contributed by atoms with E-state index in [2.05, 4.69) is 13.6 Å². The van der Waals surface area contributed by atoms with Crippen molar-refractivity contribution < 1.29 is 63.7 Å². The van der Waals surface area contributed by atoms with E-state index >= 15 is 0 Å². The van der Waals surface area contributed by atoms with E-state index in [0.29, 0.717) is 0 Å². The molecular formula is C12H33O9P3Ti. The molecule has 0 spiro atoms. The number of hydrogen-bond donors (Lipinski definition) is 3. The molecule has 0 saturated heterocycles. The van der Waals surface area contributed by atoms with Crippen LogP contribution in [-0.4, -0.2) is 53.0 Å². The summed E-state index contributed by atoms with van der Waals surface area (Å²) in [5.41, 5.74) is 0. The van der Waals surface area contributed by atoms with E-state index < -0.39 is 22.8 Å². The predicted molar refractivity (Wildman–Crippen MR) is 95.9 cm³/mol. The molecule has 0 aromatic heterocycles. The van der Waals surface area contributed by atoms with E-state index in [4.69, 9.17) is 14.7 Å². The second kappa shape index (κ2) is 15.1. The van der Waals surface area contributed by atoms with Gasteiger partial charge in [-0.1, -0.05) is 0 Å². The Labute approximate surface area is 166 Å². The molecule has 3 atom stereocenters. The summed E-state index contributed by atoms with van der Waals surface area (Å²) in [4.78, 5) is 25.6. The molecule has 0 aromatic carbocycles. The smallest absolute Gasteiger partial charge is 0.324 e. The summed E-state index contributed by atoms with van der Waals surface area (Å²) < 4.78 is 44.7. The van der Waals surface area contributed by atoms with E-state index in [1.165, 1.54) is 20.0 Å². The van der Waals surface area contributed by atoms with Gasteiger partial charge in [-0.3, -0.25) is 13.7 Å². The number of rotatable bonds is 6. The van der Waals surface area contributed by atoms with Crippen LogP contribution in [0.5, 0.6) is 0 Å². The third kappa shape index (κ3) is 51.7. The van der Waals surface area contributed by atoms with Crippen LogP contribution in [0.1, 0.15) is 41.5 Å². The SMILES string of the molecule is CC(C)OP(C)(=O)O.CC(C)OP(C)(=O)O.CC(C)OP(C)(=O)O.[Ti].